The smallest absolute Gasteiger partial charge is 0.348 e. The summed E-state index contributed by atoms with van der Waals surface area (Å²) in [5.74, 6) is 2.39. The van der Waals surface area contributed by atoms with Crippen LogP contribution in [0.4, 0.5) is 0 Å². The molecular weight excluding hydrogens is 376 g/mol. The summed E-state index contributed by atoms with van der Waals surface area (Å²) < 4.78 is 10.4. The molecule has 3 atom stereocenters. The molecule has 3 unspecified atom stereocenters. The Morgan fingerprint density at radius 2 is 2.17 bits per heavy atom. The van der Waals surface area contributed by atoms with Crippen LogP contribution in [0.5, 0.6) is 0 Å². The van der Waals surface area contributed by atoms with Crippen LogP contribution in [-0.2, 0) is 30.4 Å². The van der Waals surface area contributed by atoms with E-state index in [2.05, 4.69) is 5.43 Å². The Labute approximate surface area is 165 Å². The second-order valence-electron chi connectivity index (χ2n) is 7.27. The predicted octanol–water partition coefficient (Wildman–Crippen LogP) is 0.0958. The molecule has 1 saturated heterocycles. The summed E-state index contributed by atoms with van der Waals surface area (Å²) >= 11 is 0. The number of hydrazine groups is 1. The number of fused-ring (bicyclic) bond motifs is 5. The van der Waals surface area contributed by atoms with Gasteiger partial charge in [0, 0.05) is 16.9 Å². The molecule has 1 fully saturated rings. The topological polar surface area (TPSA) is 124 Å². The number of nitrogens with one attached hydrogen (secondary N) is 1. The van der Waals surface area contributed by atoms with E-state index < -0.39 is 29.9 Å². The van der Waals surface area contributed by atoms with Gasteiger partial charge in [0.15, 0.2) is 0 Å². The van der Waals surface area contributed by atoms with Gasteiger partial charge in [0.2, 0.25) is 12.0 Å². The quantitative estimate of drug-likeness (QED) is 0.427. The first kappa shape index (κ1) is 17.8. The largest absolute Gasteiger partial charge is 0.462 e. The normalized spacial score (nSPS) is 25.1. The lowest BCUT2D eigenvalue weighted by molar-refractivity contribution is -0.183. The first-order valence-corrected chi connectivity index (χ1v) is 9.28. The number of hydrogen-bond acceptors (Lipinski definition) is 8. The van der Waals surface area contributed by atoms with Crippen molar-refractivity contribution in [3.63, 3.8) is 0 Å². The Bertz CT molecular complexity index is 1080. The number of para-hydroxylation sites is 1. The summed E-state index contributed by atoms with van der Waals surface area (Å²) in [5, 5.41) is 0.996. The highest BCUT2D eigenvalue weighted by Crippen LogP contribution is 2.42. The molecule has 9 nitrogen and oxygen atoms in total. The lowest BCUT2D eigenvalue weighted by Gasteiger charge is -2.39. The molecule has 5 rings (SSSR count). The van der Waals surface area contributed by atoms with E-state index in [1.807, 2.05) is 36.4 Å². The fraction of sp³-hybridized carbons (Fsp3) is 0.300. The highest BCUT2D eigenvalue weighted by Gasteiger charge is 2.51. The zero-order chi connectivity index (χ0) is 20.1. The SMILES string of the molecule is NNCC(=O)OC1C(=O)OCC2C(=O)N3Cc4cc5ccccc5nc4C3=CC21. The molecule has 29 heavy (non-hydrogen) atoms. The number of carbonyl (C=O) groups excluding carboxylic acids is 3. The third-order valence-corrected chi connectivity index (χ3v) is 5.55. The van der Waals surface area contributed by atoms with Crippen molar-refractivity contribution in [2.45, 2.75) is 12.6 Å². The van der Waals surface area contributed by atoms with Crippen molar-refractivity contribution in [2.75, 3.05) is 13.2 Å². The van der Waals surface area contributed by atoms with Crippen LogP contribution in [0.1, 0.15) is 11.3 Å². The van der Waals surface area contributed by atoms with Crippen molar-refractivity contribution >= 4 is 34.4 Å². The van der Waals surface area contributed by atoms with Crippen LogP contribution in [0.2, 0.25) is 0 Å². The lowest BCUT2D eigenvalue weighted by Crippen LogP contribution is -2.53. The number of aromatic nitrogens is 1. The van der Waals surface area contributed by atoms with Crippen LogP contribution in [0.3, 0.4) is 0 Å². The second-order valence-corrected chi connectivity index (χ2v) is 7.27. The Morgan fingerprint density at radius 1 is 1.34 bits per heavy atom. The number of cyclic esters (lactones) is 1. The van der Waals surface area contributed by atoms with Crippen molar-refractivity contribution in [1.29, 1.82) is 0 Å². The zero-order valence-electron chi connectivity index (χ0n) is 15.3. The zero-order valence-corrected chi connectivity index (χ0v) is 15.3. The van der Waals surface area contributed by atoms with Gasteiger partial charge in [-0.1, -0.05) is 24.3 Å². The molecule has 3 aliphatic heterocycles. The summed E-state index contributed by atoms with van der Waals surface area (Å²) in [6.07, 6.45) is 0.617. The van der Waals surface area contributed by atoms with Crippen LogP contribution >= 0.6 is 0 Å². The first-order chi connectivity index (χ1) is 14.1. The molecular formula is C20H18N4O5. The van der Waals surface area contributed by atoms with E-state index in [4.69, 9.17) is 20.3 Å². The fourth-order valence-corrected chi connectivity index (χ4v) is 4.20. The number of nitrogens with zero attached hydrogens (tertiary/aromatic N) is 2. The maximum Gasteiger partial charge on any atom is 0.348 e. The molecule has 3 aliphatic rings. The third kappa shape index (κ3) is 2.78. The number of amides is 1. The average molecular weight is 394 g/mol. The molecule has 1 amide bonds. The molecule has 0 aliphatic carbocycles. The number of hydrogen-bond donors (Lipinski definition) is 2. The molecule has 0 bridgehead atoms. The first-order valence-electron chi connectivity index (χ1n) is 9.28. The van der Waals surface area contributed by atoms with Gasteiger partial charge in [0.25, 0.3) is 0 Å². The predicted molar refractivity (Wildman–Crippen MR) is 100 cm³/mol. The molecule has 9 heteroatoms. The minimum absolute atomic E-state index is 0.0441. The average Bonchev–Trinajstić information content (AvgIpc) is 3.07. The van der Waals surface area contributed by atoms with E-state index in [0.29, 0.717) is 17.9 Å². The van der Waals surface area contributed by atoms with Gasteiger partial charge < -0.3 is 14.4 Å². The number of ether oxygens (including phenoxy) is 2. The molecule has 1 aromatic carbocycles. The minimum Gasteiger partial charge on any atom is -0.462 e. The van der Waals surface area contributed by atoms with Crippen LogP contribution in [0, 0.1) is 11.8 Å². The van der Waals surface area contributed by atoms with Gasteiger partial charge in [-0.3, -0.25) is 15.4 Å². The summed E-state index contributed by atoms with van der Waals surface area (Å²) in [5.41, 5.74) is 5.31. The summed E-state index contributed by atoms with van der Waals surface area (Å²) in [7, 11) is 0. The van der Waals surface area contributed by atoms with E-state index in [9.17, 15) is 14.4 Å². The van der Waals surface area contributed by atoms with E-state index in [-0.39, 0.29) is 19.1 Å². The van der Waals surface area contributed by atoms with E-state index in [1.165, 1.54) is 0 Å². The number of nitrogens with two attached hydrogens (primary N) is 1. The Balaban J connectivity index is 1.57. The van der Waals surface area contributed by atoms with E-state index in [0.717, 1.165) is 16.5 Å². The van der Waals surface area contributed by atoms with Crippen molar-refractivity contribution < 1.29 is 23.9 Å². The minimum atomic E-state index is -1.20. The highest BCUT2D eigenvalue weighted by molar-refractivity contribution is 5.96. The van der Waals surface area contributed by atoms with Gasteiger partial charge in [-0.05, 0) is 12.1 Å². The molecule has 4 heterocycles. The number of esters is 2. The maximum absolute atomic E-state index is 13.2. The second kappa shape index (κ2) is 6.64. The van der Waals surface area contributed by atoms with Gasteiger partial charge in [-0.25, -0.2) is 15.2 Å². The number of pyridine rings is 1. The van der Waals surface area contributed by atoms with Crippen molar-refractivity contribution in [3.8, 4) is 0 Å². The molecule has 0 saturated carbocycles. The van der Waals surface area contributed by atoms with Crippen molar-refractivity contribution in [1.82, 2.24) is 15.3 Å². The molecule has 1 aromatic heterocycles. The van der Waals surface area contributed by atoms with Gasteiger partial charge in [0.1, 0.15) is 13.2 Å². The Hall–Kier alpha value is -3.30. The Kier molecular flexibility index (Phi) is 4.07. The molecule has 2 aromatic rings. The fourth-order valence-electron chi connectivity index (χ4n) is 4.20. The van der Waals surface area contributed by atoms with Gasteiger partial charge in [-0.15, -0.1) is 0 Å². The van der Waals surface area contributed by atoms with E-state index >= 15 is 0 Å². The third-order valence-electron chi connectivity index (χ3n) is 5.55. The molecule has 148 valence electrons. The van der Waals surface area contributed by atoms with E-state index in [1.54, 1.807) is 4.90 Å². The number of carbonyl (C=O) groups is 3. The van der Waals surface area contributed by atoms with Crippen LogP contribution in [0.15, 0.2) is 36.4 Å². The molecule has 3 N–H and O–H groups in total. The van der Waals surface area contributed by atoms with Crippen LogP contribution < -0.4 is 11.3 Å². The van der Waals surface area contributed by atoms with Gasteiger partial charge >= 0.3 is 11.9 Å². The summed E-state index contributed by atoms with van der Waals surface area (Å²) in [4.78, 5) is 43.7. The monoisotopic (exact) mass is 394 g/mol. The van der Waals surface area contributed by atoms with Gasteiger partial charge in [-0.2, -0.15) is 0 Å². The van der Waals surface area contributed by atoms with Crippen LogP contribution in [-0.4, -0.2) is 47.0 Å². The van der Waals surface area contributed by atoms with Crippen LogP contribution in [0.25, 0.3) is 16.6 Å². The maximum atomic E-state index is 13.2. The standard InChI is InChI=1S/C20H18N4O5/c21-22-7-16(25)29-18-12-6-15-17-11(5-10-3-1-2-4-14(10)23-17)8-24(15)19(26)13(12)9-28-20(18)27/h1-6,12-13,18,22H,7-9,21H2. The summed E-state index contributed by atoms with van der Waals surface area (Å²) in [6.45, 7) is 0.113. The lowest BCUT2D eigenvalue weighted by atomic mass is 9.81. The molecule has 0 spiro atoms. The van der Waals surface area contributed by atoms with Crippen molar-refractivity contribution in [2.24, 2.45) is 17.7 Å². The number of rotatable bonds is 3. The molecule has 0 radical (unpaired) electrons. The number of benzene rings is 1. The van der Waals surface area contributed by atoms with Gasteiger partial charge in [0.05, 0.1) is 29.4 Å². The Morgan fingerprint density at radius 3 is 3.00 bits per heavy atom. The summed E-state index contributed by atoms with van der Waals surface area (Å²) in [6, 6.07) is 9.76. The highest BCUT2D eigenvalue weighted by atomic mass is 16.6. The van der Waals surface area contributed by atoms with Crippen molar-refractivity contribution in [3.05, 3.63) is 47.7 Å².